The van der Waals surface area contributed by atoms with Crippen molar-refractivity contribution in [2.75, 3.05) is 36.5 Å². The van der Waals surface area contributed by atoms with E-state index in [1.807, 2.05) is 13.0 Å². The summed E-state index contributed by atoms with van der Waals surface area (Å²) in [4.78, 5) is 19.4. The second-order valence-electron chi connectivity index (χ2n) is 8.33. The van der Waals surface area contributed by atoms with E-state index in [4.69, 9.17) is 26.3 Å². The Kier molecular flexibility index (Phi) is 6.13. The number of nitrogens with zero attached hydrogens (tertiary/aromatic N) is 6. The number of benzene rings is 1. The Bertz CT molecular complexity index is 1220. The molecule has 2 aliphatic heterocycles. The van der Waals surface area contributed by atoms with Crippen LogP contribution in [0.3, 0.4) is 0 Å². The maximum absolute atomic E-state index is 14.4. The van der Waals surface area contributed by atoms with Crippen LogP contribution >= 0.6 is 11.6 Å². The van der Waals surface area contributed by atoms with E-state index >= 15 is 0 Å². The lowest BCUT2D eigenvalue weighted by atomic mass is 9.84. The molecule has 4 heterocycles. The fourth-order valence-corrected chi connectivity index (χ4v) is 4.44. The number of halogens is 2. The van der Waals surface area contributed by atoms with Gasteiger partial charge in [0.15, 0.2) is 0 Å². The highest BCUT2D eigenvalue weighted by Crippen LogP contribution is 2.34. The van der Waals surface area contributed by atoms with E-state index in [1.165, 1.54) is 18.5 Å². The van der Waals surface area contributed by atoms with Crippen molar-refractivity contribution >= 4 is 29.1 Å². The minimum Gasteiger partial charge on any atom is -0.473 e. The molecule has 9 nitrogen and oxygen atoms in total. The molecule has 0 radical (unpaired) electrons. The Hall–Kier alpha value is -3.55. The zero-order valence-electron chi connectivity index (χ0n) is 18.3. The molecule has 2 unspecified atom stereocenters. The van der Waals surface area contributed by atoms with Crippen molar-refractivity contribution in [3.05, 3.63) is 58.9 Å². The summed E-state index contributed by atoms with van der Waals surface area (Å²) in [7, 11) is 0. The summed E-state index contributed by atoms with van der Waals surface area (Å²) in [5, 5.41) is 12.4. The summed E-state index contributed by atoms with van der Waals surface area (Å²) >= 11 is 5.93. The predicted molar refractivity (Wildman–Crippen MR) is 123 cm³/mol. The van der Waals surface area contributed by atoms with Crippen LogP contribution in [0.5, 0.6) is 5.88 Å². The van der Waals surface area contributed by atoms with Gasteiger partial charge in [-0.2, -0.15) is 5.26 Å². The maximum atomic E-state index is 14.4. The number of fused-ring (bicyclic) bond motifs is 2. The largest absolute Gasteiger partial charge is 0.473 e. The highest BCUT2D eigenvalue weighted by molar-refractivity contribution is 6.30. The SMILES string of the molecule is Cc1c(Nc2ccc(C#N)cc2F)ncnc1OC1C2COCC1CN(c1ncc(Cl)cn1)C2. The van der Waals surface area contributed by atoms with E-state index in [9.17, 15) is 4.39 Å². The third kappa shape index (κ3) is 4.44. The molecule has 1 N–H and O–H groups in total. The minimum atomic E-state index is -0.539. The van der Waals surface area contributed by atoms with E-state index in [0.29, 0.717) is 54.5 Å². The van der Waals surface area contributed by atoms with Gasteiger partial charge in [-0.15, -0.1) is 0 Å². The normalized spacial score (nSPS) is 21.6. The van der Waals surface area contributed by atoms with Crippen molar-refractivity contribution in [3.63, 3.8) is 0 Å². The van der Waals surface area contributed by atoms with Crippen molar-refractivity contribution in [1.29, 1.82) is 5.26 Å². The van der Waals surface area contributed by atoms with Crippen molar-refractivity contribution in [3.8, 4) is 11.9 Å². The Labute approximate surface area is 200 Å². The number of ether oxygens (including phenoxy) is 2. The van der Waals surface area contributed by atoms with Crippen LogP contribution in [-0.4, -0.2) is 52.3 Å². The molecule has 34 heavy (non-hydrogen) atoms. The molecule has 2 atom stereocenters. The molecule has 0 spiro atoms. The first kappa shape index (κ1) is 22.3. The van der Waals surface area contributed by atoms with Crippen LogP contribution in [0.1, 0.15) is 11.1 Å². The summed E-state index contributed by atoms with van der Waals surface area (Å²) < 4.78 is 26.6. The molecule has 11 heteroatoms. The molecule has 3 aromatic rings. The Morgan fingerprint density at radius 2 is 1.91 bits per heavy atom. The van der Waals surface area contributed by atoms with Crippen LogP contribution in [0, 0.1) is 35.9 Å². The Morgan fingerprint density at radius 1 is 1.18 bits per heavy atom. The third-order valence-corrected chi connectivity index (χ3v) is 6.22. The summed E-state index contributed by atoms with van der Waals surface area (Å²) in [5.74, 6) is 1.14. The van der Waals surface area contributed by atoms with E-state index in [1.54, 1.807) is 18.5 Å². The van der Waals surface area contributed by atoms with Gasteiger partial charge in [-0.1, -0.05) is 11.6 Å². The van der Waals surface area contributed by atoms with Gasteiger partial charge in [0.1, 0.15) is 24.1 Å². The lowest BCUT2D eigenvalue weighted by Crippen LogP contribution is -2.58. The Balaban J connectivity index is 1.33. The van der Waals surface area contributed by atoms with Gasteiger partial charge in [-0.25, -0.2) is 24.3 Å². The molecule has 5 rings (SSSR count). The number of rotatable bonds is 5. The van der Waals surface area contributed by atoms with Gasteiger partial charge in [0.2, 0.25) is 11.8 Å². The smallest absolute Gasteiger partial charge is 0.225 e. The molecule has 2 aromatic heterocycles. The summed E-state index contributed by atoms with van der Waals surface area (Å²) in [6, 6.07) is 6.14. The maximum Gasteiger partial charge on any atom is 0.225 e. The number of hydrogen-bond donors (Lipinski definition) is 1. The fraction of sp³-hybridized carbons (Fsp3) is 0.348. The second-order valence-corrected chi connectivity index (χ2v) is 8.77. The molecule has 1 aromatic carbocycles. The van der Waals surface area contributed by atoms with E-state index < -0.39 is 5.82 Å². The molecule has 2 fully saturated rings. The molecule has 0 aliphatic carbocycles. The van der Waals surface area contributed by atoms with Crippen LogP contribution in [0.25, 0.3) is 0 Å². The van der Waals surface area contributed by atoms with Crippen LogP contribution in [0.4, 0.5) is 21.8 Å². The van der Waals surface area contributed by atoms with Crippen LogP contribution < -0.4 is 15.0 Å². The van der Waals surface area contributed by atoms with Crippen molar-refractivity contribution < 1.29 is 13.9 Å². The topological polar surface area (TPSA) is 109 Å². The monoisotopic (exact) mass is 481 g/mol. The van der Waals surface area contributed by atoms with Gasteiger partial charge in [0, 0.05) is 24.9 Å². The molecule has 2 bridgehead atoms. The van der Waals surface area contributed by atoms with Crippen LogP contribution in [0.2, 0.25) is 5.02 Å². The highest BCUT2D eigenvalue weighted by atomic mass is 35.5. The summed E-state index contributed by atoms with van der Waals surface area (Å²) in [6.07, 6.45) is 4.46. The van der Waals surface area contributed by atoms with Crippen LogP contribution in [0.15, 0.2) is 36.9 Å². The second kappa shape index (κ2) is 9.37. The number of aromatic nitrogens is 4. The molecular formula is C23H21ClFN7O2. The minimum absolute atomic E-state index is 0.0912. The van der Waals surface area contributed by atoms with E-state index in [-0.39, 0.29) is 29.2 Å². The first-order chi connectivity index (χ1) is 16.5. The van der Waals surface area contributed by atoms with Crippen LogP contribution in [-0.2, 0) is 4.74 Å². The van der Waals surface area contributed by atoms with Gasteiger partial charge >= 0.3 is 0 Å². The number of piperidine rings is 1. The standard InChI is InChI=1S/C23H21ClFN7O2/c1-13-21(31-19-3-2-14(5-26)4-18(19)25)29-12-30-22(13)34-20-15-8-32(9-16(20)11-33-10-15)23-27-6-17(24)7-28-23/h2-4,6-7,12,15-16,20H,8-11H2,1H3,(H,29,30,31). The van der Waals surface area contributed by atoms with Crippen molar-refractivity contribution in [2.24, 2.45) is 11.8 Å². The fourth-order valence-electron chi connectivity index (χ4n) is 4.35. The van der Waals surface area contributed by atoms with Crippen molar-refractivity contribution in [1.82, 2.24) is 19.9 Å². The zero-order chi connectivity index (χ0) is 23.7. The number of nitrogens with one attached hydrogen (secondary N) is 1. The quantitative estimate of drug-likeness (QED) is 0.585. The lowest BCUT2D eigenvalue weighted by Gasteiger charge is -2.46. The number of nitriles is 1. The van der Waals surface area contributed by atoms with E-state index in [2.05, 4.69) is 30.2 Å². The number of anilines is 3. The first-order valence-electron chi connectivity index (χ1n) is 10.8. The lowest BCUT2D eigenvalue weighted by molar-refractivity contribution is -0.0771. The zero-order valence-corrected chi connectivity index (χ0v) is 19.0. The molecule has 2 saturated heterocycles. The van der Waals surface area contributed by atoms with Gasteiger partial charge in [0.05, 0.1) is 53.5 Å². The van der Waals surface area contributed by atoms with Gasteiger partial charge < -0.3 is 19.7 Å². The van der Waals surface area contributed by atoms with Gasteiger partial charge in [-0.3, -0.25) is 0 Å². The van der Waals surface area contributed by atoms with Crippen molar-refractivity contribution in [2.45, 2.75) is 13.0 Å². The van der Waals surface area contributed by atoms with E-state index in [0.717, 1.165) is 0 Å². The molecular weight excluding hydrogens is 461 g/mol. The molecule has 0 saturated carbocycles. The third-order valence-electron chi connectivity index (χ3n) is 6.03. The average molecular weight is 482 g/mol. The summed E-state index contributed by atoms with van der Waals surface area (Å²) in [6.45, 7) is 4.28. The first-order valence-corrected chi connectivity index (χ1v) is 11.1. The molecule has 0 amide bonds. The molecule has 2 aliphatic rings. The highest BCUT2D eigenvalue weighted by Gasteiger charge is 2.43. The Morgan fingerprint density at radius 3 is 2.59 bits per heavy atom. The number of hydrogen-bond acceptors (Lipinski definition) is 9. The predicted octanol–water partition coefficient (Wildman–Crippen LogP) is 3.51. The summed E-state index contributed by atoms with van der Waals surface area (Å²) in [5.41, 5.74) is 1.12. The van der Waals surface area contributed by atoms with Gasteiger partial charge in [-0.05, 0) is 25.1 Å². The van der Waals surface area contributed by atoms with Gasteiger partial charge in [0.25, 0.3) is 0 Å². The molecule has 174 valence electrons. The average Bonchev–Trinajstić information content (AvgIpc) is 2.83.